The number of piperazine rings is 1. The van der Waals surface area contributed by atoms with E-state index >= 15 is 0 Å². The van der Waals surface area contributed by atoms with Gasteiger partial charge in [0.1, 0.15) is 11.5 Å². The third-order valence-corrected chi connectivity index (χ3v) is 7.10. The Morgan fingerprint density at radius 3 is 2.23 bits per heavy atom. The minimum atomic E-state index is -3.76. The molecule has 2 heterocycles. The third-order valence-electron chi connectivity index (χ3n) is 5.18. The molecule has 0 aliphatic carbocycles. The number of nitrogens with one attached hydrogen (secondary N) is 1. The van der Waals surface area contributed by atoms with Crippen molar-refractivity contribution in [3.8, 4) is 0 Å². The van der Waals surface area contributed by atoms with Crippen LogP contribution in [0.25, 0.3) is 0 Å². The van der Waals surface area contributed by atoms with Crippen molar-refractivity contribution in [1.82, 2.24) is 14.6 Å². The molecule has 2 amide bonds. The Kier molecular flexibility index (Phi) is 5.75. The fraction of sp³-hybridized carbons (Fsp3) is 0.238. The van der Waals surface area contributed by atoms with Crippen molar-refractivity contribution in [3.05, 3.63) is 72.2 Å². The Morgan fingerprint density at radius 1 is 0.935 bits per heavy atom. The van der Waals surface area contributed by atoms with E-state index in [1.807, 2.05) is 6.07 Å². The van der Waals surface area contributed by atoms with Gasteiger partial charge in [0, 0.05) is 32.6 Å². The highest BCUT2D eigenvalue weighted by Crippen LogP contribution is 2.21. The van der Waals surface area contributed by atoms with Crippen LogP contribution in [0.5, 0.6) is 0 Å². The van der Waals surface area contributed by atoms with Gasteiger partial charge in [0.05, 0.1) is 10.6 Å². The number of sulfonamides is 1. The first-order valence-corrected chi connectivity index (χ1v) is 11.2. The van der Waals surface area contributed by atoms with E-state index in [0.29, 0.717) is 5.69 Å². The summed E-state index contributed by atoms with van der Waals surface area (Å²) in [4.78, 5) is 26.8. The zero-order valence-electron chi connectivity index (χ0n) is 16.6. The van der Waals surface area contributed by atoms with Crippen LogP contribution in [0, 0.1) is 5.82 Å². The van der Waals surface area contributed by atoms with Gasteiger partial charge in [-0.3, -0.25) is 15.0 Å². The molecule has 31 heavy (non-hydrogen) atoms. The topological polar surface area (TPSA) is 90.0 Å². The molecule has 1 N–H and O–H groups in total. The number of rotatable bonds is 4. The molecule has 0 unspecified atom stereocenters. The number of hydrogen-bond donors (Lipinski definition) is 1. The number of hydrazine groups is 1. The van der Waals surface area contributed by atoms with Crippen molar-refractivity contribution >= 4 is 27.5 Å². The molecular weight excluding hydrogens is 423 g/mol. The Morgan fingerprint density at radius 2 is 1.58 bits per heavy atom. The number of para-hydroxylation sites is 1. The molecule has 0 radical (unpaired) electrons. The third kappa shape index (κ3) is 4.30. The summed E-state index contributed by atoms with van der Waals surface area (Å²) in [6.45, 7) is 0.662. The maximum atomic E-state index is 13.1. The lowest BCUT2D eigenvalue weighted by Gasteiger charge is -2.36. The second-order valence-corrected chi connectivity index (χ2v) is 9.09. The minimum Gasteiger partial charge on any atom is -0.335 e. The summed E-state index contributed by atoms with van der Waals surface area (Å²) in [5.41, 5.74) is 3.78. The molecule has 0 saturated carbocycles. The van der Waals surface area contributed by atoms with Crippen LogP contribution >= 0.6 is 0 Å². The van der Waals surface area contributed by atoms with E-state index in [4.69, 9.17) is 0 Å². The number of halogens is 1. The molecule has 2 aromatic rings. The summed E-state index contributed by atoms with van der Waals surface area (Å²) in [6.07, 6.45) is 1.63. The van der Waals surface area contributed by atoms with Gasteiger partial charge in [-0.05, 0) is 42.5 Å². The lowest BCUT2D eigenvalue weighted by Crippen LogP contribution is -2.54. The minimum absolute atomic E-state index is 0.0161. The Bertz CT molecular complexity index is 1110. The molecule has 8 nitrogen and oxygen atoms in total. The van der Waals surface area contributed by atoms with Crippen molar-refractivity contribution < 1.29 is 22.4 Å². The highest BCUT2D eigenvalue weighted by atomic mass is 32.2. The summed E-state index contributed by atoms with van der Waals surface area (Å²) in [7, 11) is -3.76. The van der Waals surface area contributed by atoms with E-state index < -0.39 is 15.8 Å². The molecule has 2 aliphatic rings. The molecule has 4 rings (SSSR count). The number of benzene rings is 2. The average molecular weight is 444 g/mol. The lowest BCUT2D eigenvalue weighted by molar-refractivity contribution is -0.129. The monoisotopic (exact) mass is 444 g/mol. The highest BCUT2D eigenvalue weighted by Gasteiger charge is 2.32. The van der Waals surface area contributed by atoms with Crippen molar-refractivity contribution in [3.63, 3.8) is 0 Å². The van der Waals surface area contributed by atoms with Crippen LogP contribution in [0.2, 0.25) is 0 Å². The van der Waals surface area contributed by atoms with E-state index in [1.54, 1.807) is 35.2 Å². The van der Waals surface area contributed by atoms with Crippen LogP contribution < -0.4 is 10.4 Å². The van der Waals surface area contributed by atoms with Crippen molar-refractivity contribution in [2.75, 3.05) is 31.2 Å². The average Bonchev–Trinajstić information content (AvgIpc) is 2.80. The lowest BCUT2D eigenvalue weighted by atomic mass is 10.2. The molecule has 1 saturated heterocycles. The summed E-state index contributed by atoms with van der Waals surface area (Å²) < 4.78 is 39.9. The SMILES string of the molecule is O=C(C1=CCC(=O)N(c2ccccc2)N1)N1CCN(S(=O)(=O)c2ccc(F)cc2)CC1. The van der Waals surface area contributed by atoms with Gasteiger partial charge in [-0.2, -0.15) is 4.31 Å². The first-order valence-electron chi connectivity index (χ1n) is 9.76. The quantitative estimate of drug-likeness (QED) is 0.772. The molecule has 2 aromatic carbocycles. The summed E-state index contributed by atoms with van der Waals surface area (Å²) in [6, 6.07) is 13.6. The van der Waals surface area contributed by atoms with Gasteiger partial charge in [0.2, 0.25) is 15.9 Å². The first kappa shape index (κ1) is 21.0. The second-order valence-electron chi connectivity index (χ2n) is 7.15. The molecule has 2 aliphatic heterocycles. The summed E-state index contributed by atoms with van der Waals surface area (Å²) in [5.74, 6) is -0.990. The van der Waals surface area contributed by atoms with Crippen LogP contribution in [0.15, 0.2) is 71.3 Å². The Hall–Kier alpha value is -3.24. The normalized spacial score (nSPS) is 17.8. The molecule has 0 aromatic heterocycles. The molecule has 1 fully saturated rings. The predicted octanol–water partition coefficient (Wildman–Crippen LogP) is 1.48. The number of hydrogen-bond acceptors (Lipinski definition) is 5. The number of anilines is 1. The van der Waals surface area contributed by atoms with E-state index in [1.165, 1.54) is 21.4 Å². The molecule has 0 bridgehead atoms. The first-order chi connectivity index (χ1) is 14.9. The number of carbonyl (C=O) groups excluding carboxylic acids is 2. The van der Waals surface area contributed by atoms with Crippen LogP contribution in [0.4, 0.5) is 10.1 Å². The largest absolute Gasteiger partial charge is 0.335 e. The van der Waals surface area contributed by atoms with Crippen LogP contribution in [0.3, 0.4) is 0 Å². The second kappa shape index (κ2) is 8.48. The number of nitrogens with zero attached hydrogens (tertiary/aromatic N) is 3. The van der Waals surface area contributed by atoms with Gasteiger partial charge in [-0.1, -0.05) is 18.2 Å². The van der Waals surface area contributed by atoms with Gasteiger partial charge in [0.25, 0.3) is 5.91 Å². The molecule has 0 spiro atoms. The van der Waals surface area contributed by atoms with Crippen molar-refractivity contribution in [1.29, 1.82) is 0 Å². The smallest absolute Gasteiger partial charge is 0.271 e. The van der Waals surface area contributed by atoms with Crippen molar-refractivity contribution in [2.45, 2.75) is 11.3 Å². The summed E-state index contributed by atoms with van der Waals surface area (Å²) in [5, 5.41) is 1.34. The van der Waals surface area contributed by atoms with Gasteiger partial charge in [-0.25, -0.2) is 17.8 Å². The molecule has 0 atom stereocenters. The standard InChI is InChI=1S/C21H21FN4O4S/c22-16-6-8-18(9-7-16)31(29,30)25-14-12-24(13-15-25)21(28)19-10-11-20(27)26(23-19)17-4-2-1-3-5-17/h1-10,23H,11-15H2. The summed E-state index contributed by atoms with van der Waals surface area (Å²) >= 11 is 0. The van der Waals surface area contributed by atoms with Gasteiger partial charge in [-0.15, -0.1) is 0 Å². The van der Waals surface area contributed by atoms with Gasteiger partial charge < -0.3 is 4.90 Å². The Labute approximate surface area is 179 Å². The van der Waals surface area contributed by atoms with Crippen molar-refractivity contribution in [2.24, 2.45) is 0 Å². The van der Waals surface area contributed by atoms with E-state index in [9.17, 15) is 22.4 Å². The predicted molar refractivity (Wildman–Crippen MR) is 112 cm³/mol. The number of carbonyl (C=O) groups is 2. The zero-order chi connectivity index (χ0) is 22.0. The maximum absolute atomic E-state index is 13.1. The van der Waals surface area contributed by atoms with Gasteiger partial charge in [0.15, 0.2) is 0 Å². The number of amides is 2. The highest BCUT2D eigenvalue weighted by molar-refractivity contribution is 7.89. The van der Waals surface area contributed by atoms with Crippen LogP contribution in [-0.4, -0.2) is 55.6 Å². The van der Waals surface area contributed by atoms with E-state index in [2.05, 4.69) is 5.43 Å². The van der Waals surface area contributed by atoms with Gasteiger partial charge >= 0.3 is 0 Å². The molecule has 162 valence electrons. The maximum Gasteiger partial charge on any atom is 0.271 e. The van der Waals surface area contributed by atoms with E-state index in [0.717, 1.165) is 12.1 Å². The molecular formula is C21H21FN4O4S. The van der Waals surface area contributed by atoms with E-state index in [-0.39, 0.29) is 55.0 Å². The zero-order valence-corrected chi connectivity index (χ0v) is 17.4. The fourth-order valence-electron chi connectivity index (χ4n) is 3.49. The Balaban J connectivity index is 1.41. The van der Waals surface area contributed by atoms with Crippen LogP contribution in [0.1, 0.15) is 6.42 Å². The fourth-order valence-corrected chi connectivity index (χ4v) is 4.91. The van der Waals surface area contributed by atoms with Crippen LogP contribution in [-0.2, 0) is 19.6 Å². The molecule has 10 heteroatoms.